The number of halogens is 1. The number of rotatable bonds is 3. The third-order valence-corrected chi connectivity index (χ3v) is 5.49. The van der Waals surface area contributed by atoms with Crippen LogP contribution in [0.5, 0.6) is 11.5 Å². The van der Waals surface area contributed by atoms with Crippen LogP contribution in [0.25, 0.3) is 0 Å². The Labute approximate surface area is 178 Å². The molecule has 152 valence electrons. The molecule has 0 radical (unpaired) electrons. The highest BCUT2D eigenvalue weighted by atomic mass is 35.5. The minimum atomic E-state index is -0.547. The van der Waals surface area contributed by atoms with E-state index in [9.17, 15) is 4.79 Å². The van der Waals surface area contributed by atoms with Gasteiger partial charge in [0.1, 0.15) is 17.7 Å². The lowest BCUT2D eigenvalue weighted by Gasteiger charge is -2.39. The largest absolute Gasteiger partial charge is 0.495 e. The second kappa shape index (κ2) is 7.55. The van der Waals surface area contributed by atoms with Gasteiger partial charge in [-0.05, 0) is 36.4 Å². The number of methoxy groups -OCH3 is 1. The Bertz CT molecular complexity index is 1130. The van der Waals surface area contributed by atoms with Crippen molar-refractivity contribution in [3.8, 4) is 11.5 Å². The van der Waals surface area contributed by atoms with Gasteiger partial charge in [-0.25, -0.2) is 0 Å². The number of hydrogen-bond acceptors (Lipinski definition) is 5. The van der Waals surface area contributed by atoms with E-state index in [0.29, 0.717) is 34.4 Å². The van der Waals surface area contributed by atoms with Crippen molar-refractivity contribution in [3.63, 3.8) is 0 Å². The molecule has 0 bridgehead atoms. The summed E-state index contributed by atoms with van der Waals surface area (Å²) in [6.07, 6.45) is -0.547. The number of nitrogens with zero attached hydrogens (tertiary/aromatic N) is 1. The Balaban J connectivity index is 1.73. The number of para-hydroxylation sites is 3. The Morgan fingerprint density at radius 2 is 1.93 bits per heavy atom. The molecule has 1 atom stereocenters. The zero-order chi connectivity index (χ0) is 20.7. The van der Waals surface area contributed by atoms with Crippen LogP contribution in [0.2, 0.25) is 5.02 Å². The van der Waals surface area contributed by atoms with Gasteiger partial charge in [0.15, 0.2) is 6.79 Å². The van der Waals surface area contributed by atoms with Gasteiger partial charge in [-0.15, -0.1) is 0 Å². The van der Waals surface area contributed by atoms with Crippen molar-refractivity contribution in [2.24, 2.45) is 0 Å². The van der Waals surface area contributed by atoms with Crippen LogP contribution in [-0.2, 0) is 11.3 Å². The summed E-state index contributed by atoms with van der Waals surface area (Å²) in [5, 5.41) is 4.04. The van der Waals surface area contributed by atoms with Crippen LogP contribution < -0.4 is 19.7 Å². The predicted octanol–water partition coefficient (Wildman–Crippen LogP) is 4.99. The average Bonchev–Trinajstić information content (AvgIpc) is 2.78. The molecular weight excluding hydrogens is 404 g/mol. The molecule has 0 saturated heterocycles. The summed E-state index contributed by atoms with van der Waals surface area (Å²) in [5.41, 5.74) is 3.59. The highest BCUT2D eigenvalue weighted by Crippen LogP contribution is 2.44. The van der Waals surface area contributed by atoms with Crippen molar-refractivity contribution in [2.45, 2.75) is 12.8 Å². The Hall–Kier alpha value is -3.22. The second-order valence-corrected chi connectivity index (χ2v) is 7.47. The van der Waals surface area contributed by atoms with Crippen molar-refractivity contribution < 1.29 is 19.0 Å². The van der Waals surface area contributed by atoms with Crippen molar-refractivity contribution in [1.82, 2.24) is 0 Å². The summed E-state index contributed by atoms with van der Waals surface area (Å²) in [6.45, 7) is 0.544. The zero-order valence-electron chi connectivity index (χ0n) is 16.2. The maximum absolute atomic E-state index is 13.7. The molecule has 3 aromatic carbocycles. The Morgan fingerprint density at radius 3 is 2.80 bits per heavy atom. The molecule has 0 aromatic heterocycles. The van der Waals surface area contributed by atoms with Gasteiger partial charge < -0.3 is 19.5 Å². The molecule has 30 heavy (non-hydrogen) atoms. The van der Waals surface area contributed by atoms with Gasteiger partial charge in [0.05, 0.1) is 25.0 Å². The maximum atomic E-state index is 13.7. The van der Waals surface area contributed by atoms with E-state index in [0.717, 1.165) is 16.8 Å². The van der Waals surface area contributed by atoms with Gasteiger partial charge in [0.2, 0.25) is 0 Å². The van der Waals surface area contributed by atoms with E-state index in [2.05, 4.69) is 5.32 Å². The number of ether oxygens (including phenoxy) is 3. The topological polar surface area (TPSA) is 60.0 Å². The van der Waals surface area contributed by atoms with E-state index in [4.69, 9.17) is 25.8 Å². The fraction of sp³-hybridized carbons (Fsp3) is 0.174. The summed E-state index contributed by atoms with van der Waals surface area (Å²) < 4.78 is 16.8. The Kier molecular flexibility index (Phi) is 4.73. The number of nitrogens with one attached hydrogen (secondary N) is 1. The lowest BCUT2D eigenvalue weighted by molar-refractivity contribution is -0.0172. The minimum absolute atomic E-state index is 0.139. The molecule has 0 saturated carbocycles. The van der Waals surface area contributed by atoms with Gasteiger partial charge in [0.25, 0.3) is 5.91 Å². The quantitative estimate of drug-likeness (QED) is 0.644. The fourth-order valence-corrected chi connectivity index (χ4v) is 4.21. The smallest absolute Gasteiger partial charge is 0.262 e. The summed E-state index contributed by atoms with van der Waals surface area (Å²) in [7, 11) is 1.59. The number of anilines is 2. The lowest BCUT2D eigenvalue weighted by Crippen LogP contribution is -2.43. The number of carbonyl (C=O) groups is 1. The number of fused-ring (bicyclic) bond motifs is 2. The van der Waals surface area contributed by atoms with Crippen molar-refractivity contribution in [2.75, 3.05) is 24.1 Å². The maximum Gasteiger partial charge on any atom is 0.262 e. The van der Waals surface area contributed by atoms with Crippen LogP contribution in [0.1, 0.15) is 27.7 Å². The number of amides is 1. The third-order valence-electron chi connectivity index (χ3n) is 5.27. The van der Waals surface area contributed by atoms with Crippen LogP contribution in [0.3, 0.4) is 0 Å². The van der Waals surface area contributed by atoms with Gasteiger partial charge in [-0.3, -0.25) is 9.69 Å². The van der Waals surface area contributed by atoms with E-state index in [-0.39, 0.29) is 12.7 Å². The molecule has 3 aromatic rings. The molecule has 1 amide bonds. The van der Waals surface area contributed by atoms with Gasteiger partial charge in [-0.2, -0.15) is 0 Å². The highest BCUT2D eigenvalue weighted by molar-refractivity contribution is 6.30. The molecule has 7 heteroatoms. The summed E-state index contributed by atoms with van der Waals surface area (Å²) >= 11 is 6.42. The van der Waals surface area contributed by atoms with Crippen molar-refractivity contribution in [1.29, 1.82) is 0 Å². The number of hydrogen-bond donors (Lipinski definition) is 1. The average molecular weight is 423 g/mol. The first-order chi connectivity index (χ1) is 14.7. The first-order valence-corrected chi connectivity index (χ1v) is 9.90. The third kappa shape index (κ3) is 3.05. The fourth-order valence-electron chi connectivity index (χ4n) is 3.96. The molecule has 0 fully saturated rings. The van der Waals surface area contributed by atoms with Gasteiger partial charge in [0, 0.05) is 21.8 Å². The molecule has 2 heterocycles. The molecule has 0 aliphatic carbocycles. The van der Waals surface area contributed by atoms with Crippen molar-refractivity contribution >= 4 is 28.9 Å². The lowest BCUT2D eigenvalue weighted by atomic mass is 9.99. The number of benzene rings is 3. The molecule has 6 nitrogen and oxygen atoms in total. The summed E-state index contributed by atoms with van der Waals surface area (Å²) in [6, 6.07) is 18.5. The van der Waals surface area contributed by atoms with E-state index in [1.165, 1.54) is 0 Å². The van der Waals surface area contributed by atoms with Crippen LogP contribution in [0.15, 0.2) is 60.7 Å². The highest BCUT2D eigenvalue weighted by Gasteiger charge is 2.38. The van der Waals surface area contributed by atoms with Crippen LogP contribution >= 0.6 is 11.6 Å². The van der Waals surface area contributed by atoms with Crippen LogP contribution in [0.4, 0.5) is 11.4 Å². The molecular formula is C23H19ClN2O4. The molecule has 2 aliphatic rings. The zero-order valence-corrected chi connectivity index (χ0v) is 17.0. The van der Waals surface area contributed by atoms with Gasteiger partial charge in [-0.1, -0.05) is 35.9 Å². The number of carbonyl (C=O) groups excluding carboxylic acids is 1. The van der Waals surface area contributed by atoms with E-state index in [1.54, 1.807) is 18.1 Å². The van der Waals surface area contributed by atoms with Crippen LogP contribution in [-0.4, -0.2) is 19.8 Å². The van der Waals surface area contributed by atoms with E-state index < -0.39 is 6.17 Å². The van der Waals surface area contributed by atoms with Crippen molar-refractivity contribution in [3.05, 3.63) is 82.4 Å². The SMILES string of the molecule is COc1ccccc1N1C(=O)c2ccccc2N[C@@H]1c1cc(Cl)cc2c1OCOC2. The predicted molar refractivity (Wildman–Crippen MR) is 114 cm³/mol. The normalized spacial score (nSPS) is 17.5. The van der Waals surface area contributed by atoms with E-state index in [1.807, 2.05) is 54.6 Å². The monoisotopic (exact) mass is 422 g/mol. The standard InChI is InChI=1S/C23H19ClN2O4/c1-28-20-9-5-4-8-19(20)26-22(25-18-7-3-2-6-16(18)23(26)27)17-11-15(24)10-14-12-29-13-30-21(14)17/h2-11,22,25H,12-13H2,1H3/t22-/m0/s1. The molecule has 0 spiro atoms. The second-order valence-electron chi connectivity index (χ2n) is 7.03. The summed E-state index contributed by atoms with van der Waals surface area (Å²) in [5.74, 6) is 1.13. The first kappa shape index (κ1) is 18.8. The van der Waals surface area contributed by atoms with E-state index >= 15 is 0 Å². The molecule has 1 N–H and O–H groups in total. The summed E-state index contributed by atoms with van der Waals surface area (Å²) in [4.78, 5) is 15.3. The molecule has 2 aliphatic heterocycles. The molecule has 5 rings (SSSR count). The minimum Gasteiger partial charge on any atom is -0.495 e. The van der Waals surface area contributed by atoms with Crippen LogP contribution in [0, 0.1) is 0 Å². The first-order valence-electron chi connectivity index (χ1n) is 9.52. The molecule has 0 unspecified atom stereocenters. The Morgan fingerprint density at radius 1 is 1.13 bits per heavy atom. The van der Waals surface area contributed by atoms with Gasteiger partial charge >= 0.3 is 0 Å².